The Hall–Kier alpha value is -1.03. The summed E-state index contributed by atoms with van der Waals surface area (Å²) in [6, 6.07) is 2.09. The molecule has 0 spiro atoms. The lowest BCUT2D eigenvalue weighted by molar-refractivity contribution is 0.341. The molecular weight excluding hydrogens is 302 g/mol. The van der Waals surface area contributed by atoms with Gasteiger partial charge in [-0.2, -0.15) is 0 Å². The van der Waals surface area contributed by atoms with Gasteiger partial charge in [-0.1, -0.05) is 19.8 Å². The van der Waals surface area contributed by atoms with Crippen LogP contribution >= 0.6 is 15.9 Å². The van der Waals surface area contributed by atoms with Gasteiger partial charge in [0, 0.05) is 16.6 Å². The number of nitrogens with zero attached hydrogens (tertiary/aromatic N) is 2. The van der Waals surface area contributed by atoms with Gasteiger partial charge in [-0.25, -0.2) is 4.98 Å². The van der Waals surface area contributed by atoms with Crippen LogP contribution in [0.4, 0.5) is 5.82 Å². The van der Waals surface area contributed by atoms with Crippen LogP contribution in [0.3, 0.4) is 0 Å². The number of fused-ring (bicyclic) bond motifs is 1. The molecule has 2 aromatic heterocycles. The van der Waals surface area contributed by atoms with Gasteiger partial charge in [0.2, 0.25) is 0 Å². The maximum absolute atomic E-state index is 6.31. The Morgan fingerprint density at radius 2 is 2.21 bits per heavy atom. The molecule has 19 heavy (non-hydrogen) atoms. The number of pyridine rings is 1. The molecule has 2 unspecified atom stereocenters. The predicted molar refractivity (Wildman–Crippen MR) is 82.4 cm³/mol. The maximum atomic E-state index is 6.31. The van der Waals surface area contributed by atoms with Gasteiger partial charge >= 0.3 is 0 Å². The Morgan fingerprint density at radius 3 is 2.95 bits per heavy atom. The van der Waals surface area contributed by atoms with Crippen molar-refractivity contribution in [2.24, 2.45) is 5.92 Å². The van der Waals surface area contributed by atoms with Crippen molar-refractivity contribution in [3.05, 3.63) is 28.0 Å². The van der Waals surface area contributed by atoms with Crippen LogP contribution in [0.1, 0.15) is 49.8 Å². The smallest absolute Gasteiger partial charge is 0.139 e. The van der Waals surface area contributed by atoms with E-state index in [0.717, 1.165) is 27.5 Å². The average molecular weight is 322 g/mol. The molecule has 2 atom stereocenters. The van der Waals surface area contributed by atoms with Crippen molar-refractivity contribution in [2.75, 3.05) is 5.73 Å². The zero-order chi connectivity index (χ0) is 13.6. The summed E-state index contributed by atoms with van der Waals surface area (Å²) in [7, 11) is 0. The van der Waals surface area contributed by atoms with E-state index in [4.69, 9.17) is 10.7 Å². The Morgan fingerprint density at radius 1 is 1.42 bits per heavy atom. The van der Waals surface area contributed by atoms with Gasteiger partial charge in [0.15, 0.2) is 0 Å². The molecule has 0 radical (unpaired) electrons. The third-order valence-electron chi connectivity index (χ3n) is 4.29. The predicted octanol–water partition coefficient (Wildman–Crippen LogP) is 4.28. The molecule has 0 aromatic carbocycles. The fourth-order valence-electron chi connectivity index (χ4n) is 3.18. The molecule has 1 fully saturated rings. The minimum absolute atomic E-state index is 0.530. The van der Waals surface area contributed by atoms with Gasteiger partial charge in [-0.3, -0.25) is 4.40 Å². The number of nitrogens with two attached hydrogens (primary N) is 1. The minimum Gasteiger partial charge on any atom is -0.383 e. The molecule has 1 aliphatic rings. The lowest BCUT2D eigenvalue weighted by Crippen LogP contribution is -2.13. The van der Waals surface area contributed by atoms with E-state index in [1.54, 1.807) is 0 Å². The number of aryl methyl sites for hydroxylation is 1. The van der Waals surface area contributed by atoms with Crippen LogP contribution in [0.15, 0.2) is 16.7 Å². The van der Waals surface area contributed by atoms with Gasteiger partial charge in [0.1, 0.15) is 11.5 Å². The van der Waals surface area contributed by atoms with Crippen LogP contribution < -0.4 is 5.73 Å². The van der Waals surface area contributed by atoms with Gasteiger partial charge < -0.3 is 5.73 Å². The van der Waals surface area contributed by atoms with E-state index in [2.05, 4.69) is 35.8 Å². The first kappa shape index (κ1) is 13.0. The van der Waals surface area contributed by atoms with Crippen molar-refractivity contribution in [1.82, 2.24) is 9.38 Å². The molecule has 1 aliphatic carbocycles. The van der Waals surface area contributed by atoms with Gasteiger partial charge in [0.25, 0.3) is 0 Å². The van der Waals surface area contributed by atoms with Crippen molar-refractivity contribution in [2.45, 2.75) is 45.4 Å². The second-order valence-electron chi connectivity index (χ2n) is 5.88. The molecule has 2 heterocycles. The topological polar surface area (TPSA) is 43.3 Å². The standard InChI is InChI=1S/C15H20BrN3/c1-9-4-3-5-11(6-9)14-15(17)19-8-12(16)10(2)7-13(19)18-14/h7-9,11H,3-6,17H2,1-2H3. The number of halogens is 1. The van der Waals surface area contributed by atoms with E-state index >= 15 is 0 Å². The summed E-state index contributed by atoms with van der Waals surface area (Å²) >= 11 is 3.56. The largest absolute Gasteiger partial charge is 0.383 e. The van der Waals surface area contributed by atoms with E-state index < -0.39 is 0 Å². The highest BCUT2D eigenvalue weighted by Gasteiger charge is 2.25. The van der Waals surface area contributed by atoms with Crippen molar-refractivity contribution in [3.63, 3.8) is 0 Å². The molecule has 0 bridgehead atoms. The molecule has 0 saturated heterocycles. The van der Waals surface area contributed by atoms with Crippen LogP contribution in [0.2, 0.25) is 0 Å². The first-order valence-electron chi connectivity index (χ1n) is 7.00. The summed E-state index contributed by atoms with van der Waals surface area (Å²) in [5, 5.41) is 0. The van der Waals surface area contributed by atoms with E-state index in [1.165, 1.54) is 31.2 Å². The molecule has 1 saturated carbocycles. The zero-order valence-corrected chi connectivity index (χ0v) is 13.1. The van der Waals surface area contributed by atoms with Crippen molar-refractivity contribution < 1.29 is 0 Å². The molecular formula is C15H20BrN3. The van der Waals surface area contributed by atoms with Crippen LogP contribution in [-0.2, 0) is 0 Å². The number of hydrogen-bond donors (Lipinski definition) is 1. The molecule has 2 N–H and O–H groups in total. The fourth-order valence-corrected chi connectivity index (χ4v) is 3.50. The van der Waals surface area contributed by atoms with Crippen LogP contribution in [-0.4, -0.2) is 9.38 Å². The number of aromatic nitrogens is 2. The molecule has 3 nitrogen and oxygen atoms in total. The number of rotatable bonds is 1. The third-order valence-corrected chi connectivity index (χ3v) is 5.12. The van der Waals surface area contributed by atoms with Crippen molar-refractivity contribution in [1.29, 1.82) is 0 Å². The molecule has 2 aromatic rings. The van der Waals surface area contributed by atoms with Crippen LogP contribution in [0, 0.1) is 12.8 Å². The van der Waals surface area contributed by atoms with E-state index in [0.29, 0.717) is 5.92 Å². The number of imidazole rings is 1. The van der Waals surface area contributed by atoms with E-state index in [1.807, 2.05) is 10.6 Å². The molecule has 0 aliphatic heterocycles. The molecule has 3 rings (SSSR count). The van der Waals surface area contributed by atoms with Gasteiger partial charge in [-0.05, 0) is 53.2 Å². The van der Waals surface area contributed by atoms with Crippen LogP contribution in [0.25, 0.3) is 5.65 Å². The molecule has 4 heteroatoms. The summed E-state index contributed by atoms with van der Waals surface area (Å²) in [6.07, 6.45) is 7.10. The fraction of sp³-hybridized carbons (Fsp3) is 0.533. The summed E-state index contributed by atoms with van der Waals surface area (Å²) in [6.45, 7) is 4.41. The summed E-state index contributed by atoms with van der Waals surface area (Å²) in [5.41, 5.74) is 9.57. The number of anilines is 1. The SMILES string of the molecule is Cc1cc2nc(C3CCCC(C)C3)c(N)n2cc1Br. The molecule has 0 amide bonds. The summed E-state index contributed by atoms with van der Waals surface area (Å²) in [4.78, 5) is 4.79. The monoisotopic (exact) mass is 321 g/mol. The first-order valence-corrected chi connectivity index (χ1v) is 7.79. The zero-order valence-electron chi connectivity index (χ0n) is 11.5. The number of hydrogen-bond acceptors (Lipinski definition) is 2. The lowest BCUT2D eigenvalue weighted by Gasteiger charge is -2.25. The van der Waals surface area contributed by atoms with Gasteiger partial charge in [-0.15, -0.1) is 0 Å². The van der Waals surface area contributed by atoms with E-state index in [-0.39, 0.29) is 0 Å². The summed E-state index contributed by atoms with van der Waals surface area (Å²) < 4.78 is 3.08. The Balaban J connectivity index is 2.07. The van der Waals surface area contributed by atoms with Crippen molar-refractivity contribution in [3.8, 4) is 0 Å². The van der Waals surface area contributed by atoms with E-state index in [9.17, 15) is 0 Å². The highest BCUT2D eigenvalue weighted by Crippen LogP contribution is 2.38. The highest BCUT2D eigenvalue weighted by atomic mass is 79.9. The first-order chi connectivity index (χ1) is 9.06. The third kappa shape index (κ3) is 2.27. The lowest BCUT2D eigenvalue weighted by atomic mass is 9.81. The Bertz CT molecular complexity index is 617. The normalized spacial score (nSPS) is 23.9. The number of nitrogen functional groups attached to an aromatic ring is 1. The van der Waals surface area contributed by atoms with Crippen molar-refractivity contribution >= 4 is 27.4 Å². The summed E-state index contributed by atoms with van der Waals surface area (Å²) in [5.74, 6) is 2.13. The molecule has 102 valence electrons. The quantitative estimate of drug-likeness (QED) is 0.851. The minimum atomic E-state index is 0.530. The highest BCUT2D eigenvalue weighted by molar-refractivity contribution is 9.10. The maximum Gasteiger partial charge on any atom is 0.139 e. The van der Waals surface area contributed by atoms with Gasteiger partial charge in [0.05, 0.1) is 5.69 Å². The Labute approximate surface area is 122 Å². The second kappa shape index (κ2) is 4.82. The average Bonchev–Trinajstić information content (AvgIpc) is 2.68. The van der Waals surface area contributed by atoms with Crippen LogP contribution in [0.5, 0.6) is 0 Å². The Kier molecular flexibility index (Phi) is 3.29. The second-order valence-corrected chi connectivity index (χ2v) is 6.74.